The maximum Gasteiger partial charge on any atom is 0.116 e. The molecule has 0 atom stereocenters. The van der Waals surface area contributed by atoms with Crippen molar-refractivity contribution in [3.8, 4) is 5.75 Å². The topological polar surface area (TPSA) is 20.2 Å². The summed E-state index contributed by atoms with van der Waals surface area (Å²) in [5, 5.41) is 9.73. The Labute approximate surface area is 70.9 Å². The Hall–Kier alpha value is -0.950. The molecule has 0 radical (unpaired) electrons. The molecule has 0 saturated heterocycles. The number of allylic oxidation sites excluding steroid dienone is 1. The number of aromatic hydroxyl groups is 1. The summed E-state index contributed by atoms with van der Waals surface area (Å²) in [6.45, 7) is 1.90. The summed E-state index contributed by atoms with van der Waals surface area (Å²) in [7, 11) is 0. The molecule has 1 N–H and O–H groups in total. The highest BCUT2D eigenvalue weighted by atomic mass is 35.5. The number of halogens is 1. The molecule has 2 heteroatoms. The van der Waals surface area contributed by atoms with Crippen LogP contribution in [0.1, 0.15) is 12.5 Å². The average Bonchev–Trinajstić information content (AvgIpc) is 1.98. The molecule has 0 unspecified atom stereocenters. The molecular weight excluding hydrogens is 160 g/mol. The molecule has 0 heterocycles. The van der Waals surface area contributed by atoms with Crippen molar-refractivity contribution in [1.29, 1.82) is 0 Å². The summed E-state index contributed by atoms with van der Waals surface area (Å²) in [4.78, 5) is 0. The minimum absolute atomic E-state index is 0.238. The average molecular weight is 169 g/mol. The molecule has 0 saturated carbocycles. The lowest BCUT2D eigenvalue weighted by molar-refractivity contribution is 0.475. The second kappa shape index (κ2) is 3.44. The van der Waals surface area contributed by atoms with E-state index in [1.165, 1.54) is 0 Å². The van der Waals surface area contributed by atoms with Gasteiger partial charge >= 0.3 is 0 Å². The van der Waals surface area contributed by atoms with Gasteiger partial charge in [-0.25, -0.2) is 0 Å². The van der Waals surface area contributed by atoms with Gasteiger partial charge in [-0.05, 0) is 30.7 Å². The third kappa shape index (κ3) is 1.99. The van der Waals surface area contributed by atoms with Crippen molar-refractivity contribution in [2.45, 2.75) is 6.92 Å². The van der Waals surface area contributed by atoms with Gasteiger partial charge in [-0.1, -0.05) is 23.8 Å². The Kier molecular flexibility index (Phi) is 2.55. The van der Waals surface area contributed by atoms with Gasteiger partial charge in [0, 0.05) is 5.02 Å². The standard InChI is InChI=1S/C9H9ClO/c1-2-3-7-6-8(11)4-5-9(7)10/h2-6,11H,1H3. The summed E-state index contributed by atoms with van der Waals surface area (Å²) in [5.74, 6) is 0.238. The monoisotopic (exact) mass is 168 g/mol. The number of hydrogen-bond donors (Lipinski definition) is 1. The Balaban J connectivity index is 3.12. The fraction of sp³-hybridized carbons (Fsp3) is 0.111. The van der Waals surface area contributed by atoms with E-state index in [0.29, 0.717) is 5.02 Å². The van der Waals surface area contributed by atoms with Crippen molar-refractivity contribution >= 4 is 17.7 Å². The second-order valence-electron chi connectivity index (χ2n) is 2.21. The van der Waals surface area contributed by atoms with Gasteiger partial charge in [-0.2, -0.15) is 0 Å². The predicted octanol–water partition coefficient (Wildman–Crippen LogP) is 3.08. The summed E-state index contributed by atoms with van der Waals surface area (Å²) in [6.07, 6.45) is 3.72. The van der Waals surface area contributed by atoms with Crippen LogP contribution in [0.2, 0.25) is 5.02 Å². The minimum Gasteiger partial charge on any atom is -0.508 e. The molecule has 0 aliphatic rings. The lowest BCUT2D eigenvalue weighted by atomic mass is 10.2. The van der Waals surface area contributed by atoms with Crippen LogP contribution < -0.4 is 0 Å². The molecule has 1 rings (SSSR count). The van der Waals surface area contributed by atoms with Gasteiger partial charge in [0.25, 0.3) is 0 Å². The van der Waals surface area contributed by atoms with Gasteiger partial charge in [-0.15, -0.1) is 0 Å². The van der Waals surface area contributed by atoms with E-state index >= 15 is 0 Å². The molecule has 0 spiro atoms. The van der Waals surface area contributed by atoms with E-state index in [-0.39, 0.29) is 5.75 Å². The normalized spacial score (nSPS) is 10.7. The number of phenols is 1. The van der Waals surface area contributed by atoms with Crippen molar-refractivity contribution in [2.24, 2.45) is 0 Å². The third-order valence-electron chi connectivity index (χ3n) is 1.33. The van der Waals surface area contributed by atoms with Crippen LogP contribution in [0.4, 0.5) is 0 Å². The molecule has 0 aromatic heterocycles. The van der Waals surface area contributed by atoms with Gasteiger partial charge in [0.15, 0.2) is 0 Å². The van der Waals surface area contributed by atoms with Crippen LogP contribution in [0.3, 0.4) is 0 Å². The Morgan fingerprint density at radius 1 is 1.45 bits per heavy atom. The maximum atomic E-state index is 9.07. The number of hydrogen-bond acceptors (Lipinski definition) is 1. The molecule has 0 aliphatic carbocycles. The maximum absolute atomic E-state index is 9.07. The summed E-state index contributed by atoms with van der Waals surface area (Å²) in [5.41, 5.74) is 0.842. The number of rotatable bonds is 1. The Bertz CT molecular complexity index is 279. The highest BCUT2D eigenvalue weighted by Gasteiger charge is 1.95. The molecule has 58 valence electrons. The first kappa shape index (κ1) is 8.15. The fourth-order valence-corrected chi connectivity index (χ4v) is 1.02. The molecule has 0 amide bonds. The highest BCUT2D eigenvalue weighted by Crippen LogP contribution is 2.21. The van der Waals surface area contributed by atoms with Crippen LogP contribution in [-0.4, -0.2) is 5.11 Å². The van der Waals surface area contributed by atoms with Gasteiger partial charge in [0.2, 0.25) is 0 Å². The zero-order valence-corrected chi connectivity index (χ0v) is 6.97. The van der Waals surface area contributed by atoms with Crippen LogP contribution >= 0.6 is 11.6 Å². The quantitative estimate of drug-likeness (QED) is 0.684. The number of phenolic OH excluding ortho intramolecular Hbond substituents is 1. The first-order valence-electron chi connectivity index (χ1n) is 3.35. The van der Waals surface area contributed by atoms with E-state index < -0.39 is 0 Å². The van der Waals surface area contributed by atoms with Gasteiger partial charge in [0.05, 0.1) is 0 Å². The first-order chi connectivity index (χ1) is 5.24. The SMILES string of the molecule is CC=Cc1cc(O)ccc1Cl. The van der Waals surface area contributed by atoms with Crippen molar-refractivity contribution < 1.29 is 5.11 Å². The molecule has 11 heavy (non-hydrogen) atoms. The molecule has 0 aliphatic heterocycles. The van der Waals surface area contributed by atoms with E-state index in [9.17, 15) is 0 Å². The van der Waals surface area contributed by atoms with Crippen molar-refractivity contribution in [3.63, 3.8) is 0 Å². The summed E-state index contributed by atoms with van der Waals surface area (Å²) < 4.78 is 0. The second-order valence-corrected chi connectivity index (χ2v) is 2.61. The predicted molar refractivity (Wildman–Crippen MR) is 47.8 cm³/mol. The fourth-order valence-electron chi connectivity index (χ4n) is 0.838. The van der Waals surface area contributed by atoms with Crippen LogP contribution in [0.25, 0.3) is 6.08 Å². The summed E-state index contributed by atoms with van der Waals surface area (Å²) >= 11 is 5.81. The van der Waals surface area contributed by atoms with Gasteiger partial charge in [-0.3, -0.25) is 0 Å². The van der Waals surface area contributed by atoms with Crippen LogP contribution in [-0.2, 0) is 0 Å². The van der Waals surface area contributed by atoms with Crippen LogP contribution in [0.15, 0.2) is 24.3 Å². The van der Waals surface area contributed by atoms with Crippen LogP contribution in [0.5, 0.6) is 5.75 Å². The van der Waals surface area contributed by atoms with Crippen molar-refractivity contribution in [2.75, 3.05) is 0 Å². The zero-order valence-electron chi connectivity index (χ0n) is 6.21. The third-order valence-corrected chi connectivity index (χ3v) is 1.67. The lowest BCUT2D eigenvalue weighted by Crippen LogP contribution is -1.73. The van der Waals surface area contributed by atoms with E-state index in [2.05, 4.69) is 0 Å². The van der Waals surface area contributed by atoms with Gasteiger partial charge < -0.3 is 5.11 Å². The smallest absolute Gasteiger partial charge is 0.116 e. The van der Waals surface area contributed by atoms with Crippen LogP contribution in [0, 0.1) is 0 Å². The molecule has 0 bridgehead atoms. The molecule has 1 nitrogen and oxygen atoms in total. The highest BCUT2D eigenvalue weighted by molar-refractivity contribution is 6.32. The molecular formula is C9H9ClO. The lowest BCUT2D eigenvalue weighted by Gasteiger charge is -1.97. The van der Waals surface area contributed by atoms with E-state index in [1.54, 1.807) is 18.2 Å². The zero-order chi connectivity index (χ0) is 8.27. The minimum atomic E-state index is 0.238. The van der Waals surface area contributed by atoms with Gasteiger partial charge in [0.1, 0.15) is 5.75 Å². The Morgan fingerprint density at radius 2 is 2.18 bits per heavy atom. The Morgan fingerprint density at radius 3 is 2.82 bits per heavy atom. The summed E-state index contributed by atoms with van der Waals surface area (Å²) in [6, 6.07) is 4.86. The first-order valence-corrected chi connectivity index (χ1v) is 3.73. The van der Waals surface area contributed by atoms with Crippen molar-refractivity contribution in [3.05, 3.63) is 34.9 Å². The largest absolute Gasteiger partial charge is 0.508 e. The molecule has 0 fully saturated rings. The van der Waals surface area contributed by atoms with E-state index in [0.717, 1.165) is 5.56 Å². The number of benzene rings is 1. The van der Waals surface area contributed by atoms with E-state index in [4.69, 9.17) is 16.7 Å². The molecule has 1 aromatic carbocycles. The molecule has 1 aromatic rings. The van der Waals surface area contributed by atoms with E-state index in [1.807, 2.05) is 19.1 Å². The van der Waals surface area contributed by atoms with Crippen molar-refractivity contribution in [1.82, 2.24) is 0 Å².